The maximum Gasteiger partial charge on any atom is 0.237 e. The van der Waals surface area contributed by atoms with Crippen molar-refractivity contribution in [2.75, 3.05) is 0 Å². The van der Waals surface area contributed by atoms with Crippen molar-refractivity contribution in [3.8, 4) is 5.75 Å². The molecule has 0 aliphatic heterocycles. The molecule has 0 aliphatic rings. The molecule has 3 rings (SSSR count). The van der Waals surface area contributed by atoms with Crippen molar-refractivity contribution in [1.82, 2.24) is 10.6 Å². The van der Waals surface area contributed by atoms with Gasteiger partial charge in [0.2, 0.25) is 5.91 Å². The summed E-state index contributed by atoms with van der Waals surface area (Å²) in [4.78, 5) is 13.1. The lowest BCUT2D eigenvalue weighted by atomic mass is 9.87. The van der Waals surface area contributed by atoms with Gasteiger partial charge in [-0.25, -0.2) is 0 Å². The van der Waals surface area contributed by atoms with E-state index in [4.69, 9.17) is 4.74 Å². The summed E-state index contributed by atoms with van der Waals surface area (Å²) in [6.07, 6.45) is 0.598. The molecule has 1 unspecified atom stereocenters. The number of hydrogen-bond acceptors (Lipinski definition) is 3. The van der Waals surface area contributed by atoms with Crippen LogP contribution in [0.2, 0.25) is 0 Å². The van der Waals surface area contributed by atoms with Crippen LogP contribution in [0, 0.1) is 0 Å². The number of benzene rings is 3. The second kappa shape index (κ2) is 11.5. The largest absolute Gasteiger partial charge is 0.489 e. The average Bonchev–Trinajstić information content (AvgIpc) is 2.80. The maximum absolute atomic E-state index is 13.1. The zero-order valence-electron chi connectivity index (χ0n) is 22.0. The quantitative estimate of drug-likeness (QED) is 0.391. The standard InChI is InChI=1S/C31H40N2O2/c1-30(2,3)26-16-12-24(13-17-26)21-32-28(29(34)33-31(4,5)6)20-23-14-18-27(19-15-23)35-22-25-10-8-7-9-11-25/h7-19,28,32H,20-22H2,1-6H3,(H,33,34). The van der Waals surface area contributed by atoms with Crippen LogP contribution in [0.4, 0.5) is 0 Å². The summed E-state index contributed by atoms with van der Waals surface area (Å²) in [6.45, 7) is 13.8. The average molecular weight is 473 g/mol. The van der Waals surface area contributed by atoms with Gasteiger partial charge in [0.1, 0.15) is 12.4 Å². The lowest BCUT2D eigenvalue weighted by Gasteiger charge is -2.26. The molecule has 0 aromatic heterocycles. The highest BCUT2D eigenvalue weighted by Gasteiger charge is 2.23. The highest BCUT2D eigenvalue weighted by molar-refractivity contribution is 5.82. The van der Waals surface area contributed by atoms with Crippen molar-refractivity contribution in [1.29, 1.82) is 0 Å². The molecule has 35 heavy (non-hydrogen) atoms. The van der Waals surface area contributed by atoms with Gasteiger partial charge in [0, 0.05) is 12.1 Å². The molecule has 4 nitrogen and oxygen atoms in total. The second-order valence-corrected chi connectivity index (χ2v) is 11.2. The van der Waals surface area contributed by atoms with Gasteiger partial charge in [-0.15, -0.1) is 0 Å². The van der Waals surface area contributed by atoms with Crippen molar-refractivity contribution < 1.29 is 9.53 Å². The van der Waals surface area contributed by atoms with Gasteiger partial charge >= 0.3 is 0 Å². The molecule has 2 N–H and O–H groups in total. The van der Waals surface area contributed by atoms with E-state index in [1.807, 2.05) is 63.2 Å². The molecule has 1 atom stereocenters. The maximum atomic E-state index is 13.1. The number of ether oxygens (including phenoxy) is 1. The first-order valence-electron chi connectivity index (χ1n) is 12.4. The number of carbonyl (C=O) groups excluding carboxylic acids is 1. The Hall–Kier alpha value is -3.11. The van der Waals surface area contributed by atoms with E-state index in [0.29, 0.717) is 19.6 Å². The molecule has 0 saturated heterocycles. The summed E-state index contributed by atoms with van der Waals surface area (Å²) < 4.78 is 5.91. The van der Waals surface area contributed by atoms with Crippen LogP contribution in [0.5, 0.6) is 5.75 Å². The molecule has 186 valence electrons. The molecule has 4 heteroatoms. The number of hydrogen-bond donors (Lipinski definition) is 2. The van der Waals surface area contributed by atoms with Crippen LogP contribution in [0.1, 0.15) is 63.8 Å². The number of nitrogens with one attached hydrogen (secondary N) is 2. The van der Waals surface area contributed by atoms with Crippen molar-refractivity contribution in [2.45, 2.75) is 78.1 Å². The van der Waals surface area contributed by atoms with Crippen LogP contribution in [-0.4, -0.2) is 17.5 Å². The smallest absolute Gasteiger partial charge is 0.237 e. The van der Waals surface area contributed by atoms with Gasteiger partial charge < -0.3 is 15.4 Å². The summed E-state index contributed by atoms with van der Waals surface area (Å²) in [6, 6.07) is 26.4. The van der Waals surface area contributed by atoms with Crippen molar-refractivity contribution >= 4 is 5.91 Å². The fourth-order valence-electron chi connectivity index (χ4n) is 3.78. The van der Waals surface area contributed by atoms with Crippen molar-refractivity contribution in [3.63, 3.8) is 0 Å². The minimum Gasteiger partial charge on any atom is -0.489 e. The molecule has 0 saturated carbocycles. The second-order valence-electron chi connectivity index (χ2n) is 11.2. The molecule has 0 fully saturated rings. The van der Waals surface area contributed by atoms with Gasteiger partial charge in [0.25, 0.3) is 0 Å². The molecule has 3 aromatic rings. The summed E-state index contributed by atoms with van der Waals surface area (Å²) in [5, 5.41) is 6.61. The van der Waals surface area contributed by atoms with Crippen LogP contribution in [0.25, 0.3) is 0 Å². The van der Waals surface area contributed by atoms with E-state index in [9.17, 15) is 4.79 Å². The summed E-state index contributed by atoms with van der Waals surface area (Å²) >= 11 is 0. The predicted molar refractivity (Wildman–Crippen MR) is 145 cm³/mol. The van der Waals surface area contributed by atoms with Crippen LogP contribution in [0.15, 0.2) is 78.9 Å². The van der Waals surface area contributed by atoms with E-state index in [1.165, 1.54) is 5.56 Å². The lowest BCUT2D eigenvalue weighted by Crippen LogP contribution is -2.51. The number of rotatable bonds is 9. The molecule has 0 aliphatic carbocycles. The molecule has 0 spiro atoms. The van der Waals surface area contributed by atoms with Gasteiger partial charge in [-0.3, -0.25) is 4.79 Å². The fraction of sp³-hybridized carbons (Fsp3) is 0.387. The third-order valence-corrected chi connectivity index (χ3v) is 5.80. The first-order chi connectivity index (χ1) is 16.5. The van der Waals surface area contributed by atoms with E-state index in [0.717, 1.165) is 22.4 Å². The summed E-state index contributed by atoms with van der Waals surface area (Å²) in [5.74, 6) is 0.827. The highest BCUT2D eigenvalue weighted by atomic mass is 16.5. The Morgan fingerprint density at radius 2 is 1.37 bits per heavy atom. The minimum atomic E-state index is -0.340. The monoisotopic (exact) mass is 472 g/mol. The van der Waals surface area contributed by atoms with Crippen molar-refractivity contribution in [3.05, 3.63) is 101 Å². The topological polar surface area (TPSA) is 50.4 Å². The Labute approximate surface area is 211 Å². The molecule has 1 amide bonds. The Bertz CT molecular complexity index is 1060. The zero-order valence-corrected chi connectivity index (χ0v) is 22.0. The predicted octanol–water partition coefficient (Wildman–Crippen LogP) is 6.18. The third kappa shape index (κ3) is 8.88. The highest BCUT2D eigenvalue weighted by Crippen LogP contribution is 2.22. The Morgan fingerprint density at radius 1 is 0.771 bits per heavy atom. The van der Waals surface area contributed by atoms with Gasteiger partial charge in [0.05, 0.1) is 6.04 Å². The van der Waals surface area contributed by atoms with Crippen molar-refractivity contribution in [2.24, 2.45) is 0 Å². The number of carbonyl (C=O) groups is 1. The van der Waals surface area contributed by atoms with Crippen LogP contribution in [0.3, 0.4) is 0 Å². The van der Waals surface area contributed by atoms with Crippen LogP contribution in [-0.2, 0) is 29.8 Å². The normalized spacial score (nSPS) is 12.7. The van der Waals surface area contributed by atoms with E-state index in [2.05, 4.69) is 67.8 Å². The third-order valence-electron chi connectivity index (χ3n) is 5.80. The van der Waals surface area contributed by atoms with E-state index < -0.39 is 0 Å². The molecule has 0 heterocycles. The first-order valence-corrected chi connectivity index (χ1v) is 12.4. The summed E-state index contributed by atoms with van der Waals surface area (Å²) in [7, 11) is 0. The molecule has 0 radical (unpaired) electrons. The van der Waals surface area contributed by atoms with E-state index in [-0.39, 0.29) is 22.9 Å². The van der Waals surface area contributed by atoms with Gasteiger partial charge in [0.15, 0.2) is 0 Å². The lowest BCUT2D eigenvalue weighted by molar-refractivity contribution is -0.124. The Kier molecular flexibility index (Phi) is 8.74. The first kappa shape index (κ1) is 26.5. The summed E-state index contributed by atoms with van der Waals surface area (Å²) in [5.41, 5.74) is 4.52. The van der Waals surface area contributed by atoms with Crippen LogP contribution >= 0.6 is 0 Å². The Morgan fingerprint density at radius 3 is 1.94 bits per heavy atom. The zero-order chi connectivity index (χ0) is 25.5. The molecular weight excluding hydrogens is 432 g/mol. The minimum absolute atomic E-state index is 0.00761. The molecular formula is C31H40N2O2. The molecule has 0 bridgehead atoms. The van der Waals surface area contributed by atoms with Gasteiger partial charge in [-0.05, 0) is 67.0 Å². The SMILES string of the molecule is CC(C)(C)NC(=O)C(Cc1ccc(OCc2ccccc2)cc1)NCc1ccc(C(C)(C)C)cc1. The van der Waals surface area contributed by atoms with E-state index in [1.54, 1.807) is 0 Å². The van der Waals surface area contributed by atoms with E-state index >= 15 is 0 Å². The number of amides is 1. The van der Waals surface area contributed by atoms with Crippen LogP contribution < -0.4 is 15.4 Å². The Balaban J connectivity index is 1.64. The molecule has 3 aromatic carbocycles. The van der Waals surface area contributed by atoms with Gasteiger partial charge in [-0.2, -0.15) is 0 Å². The van der Waals surface area contributed by atoms with Gasteiger partial charge in [-0.1, -0.05) is 87.5 Å². The fourth-order valence-corrected chi connectivity index (χ4v) is 3.78.